The average Bonchev–Trinajstić information content (AvgIpc) is 4.12. The van der Waals surface area contributed by atoms with Gasteiger partial charge in [-0.25, -0.2) is 4.98 Å². The van der Waals surface area contributed by atoms with E-state index in [1.54, 1.807) is 0 Å². The van der Waals surface area contributed by atoms with Crippen molar-refractivity contribution in [2.24, 2.45) is 5.41 Å². The second-order valence-corrected chi connectivity index (χ2v) is 23.3. The van der Waals surface area contributed by atoms with Crippen LogP contribution in [-0.2, 0) is 17.2 Å². The van der Waals surface area contributed by atoms with Crippen molar-refractivity contribution in [2.45, 2.75) is 79.5 Å². The zero-order chi connectivity index (χ0) is 52.3. The van der Waals surface area contributed by atoms with Crippen LogP contribution in [-0.4, -0.2) is 16.2 Å². The highest BCUT2D eigenvalue weighted by Crippen LogP contribution is 2.69. The molecule has 0 amide bonds. The van der Waals surface area contributed by atoms with Crippen LogP contribution in [0.1, 0.15) is 81.7 Å². The Bertz CT molecular complexity index is 3780. The number of nitrogens with zero attached hydrogens (tertiary/aromatic N) is 4. The lowest BCUT2D eigenvalue weighted by Crippen LogP contribution is -2.67. The predicted molar refractivity (Wildman–Crippen MR) is 307 cm³/mol. The zero-order valence-electron chi connectivity index (χ0n) is 45.5. The van der Waals surface area contributed by atoms with Gasteiger partial charge in [0.2, 0.25) is 0 Å². The van der Waals surface area contributed by atoms with Crippen molar-refractivity contribution in [3.63, 3.8) is 0 Å². The van der Waals surface area contributed by atoms with Crippen molar-refractivity contribution >= 4 is 44.6 Å². The van der Waals surface area contributed by atoms with Crippen LogP contribution in [0.3, 0.4) is 0 Å². The second kappa shape index (κ2) is 17.0. The van der Waals surface area contributed by atoms with Crippen LogP contribution < -0.4 is 13.7 Å². The normalized spacial score (nSPS) is 18.0. The largest absolute Gasteiger partial charge is 0.457 e. The molecule has 2 atom stereocenters. The molecule has 1 saturated heterocycles. The Hall–Kier alpha value is -7.57. The Morgan fingerprint density at radius 1 is 0.521 bits per heavy atom. The van der Waals surface area contributed by atoms with E-state index in [9.17, 15) is 2.74 Å². The van der Waals surface area contributed by atoms with E-state index in [2.05, 4.69) is 241 Å². The summed E-state index contributed by atoms with van der Waals surface area (Å²) >= 11 is 0. The van der Waals surface area contributed by atoms with Crippen LogP contribution in [0.4, 0.5) is 22.7 Å². The third kappa shape index (κ3) is 7.98. The van der Waals surface area contributed by atoms with E-state index in [1.807, 2.05) is 33.0 Å². The lowest BCUT2D eigenvalue weighted by Gasteiger charge is -2.57. The van der Waals surface area contributed by atoms with Crippen molar-refractivity contribution in [3.8, 4) is 50.7 Å². The first-order valence-corrected chi connectivity index (χ1v) is 25.7. The minimum absolute atomic E-state index is 0.0651. The number of quaternary nitrogens is 2. The Labute approximate surface area is 434 Å². The number of aromatic nitrogens is 2. The number of benzene rings is 8. The highest BCUT2D eigenvalue weighted by atomic mass is 16.5. The lowest BCUT2D eigenvalue weighted by atomic mass is 9.86. The first kappa shape index (κ1) is 44.2. The third-order valence-corrected chi connectivity index (χ3v) is 14.9. The molecule has 0 radical (unpaired) electrons. The molecule has 73 heavy (non-hydrogen) atoms. The van der Waals surface area contributed by atoms with Gasteiger partial charge in [-0.1, -0.05) is 178 Å². The molecule has 3 aliphatic rings. The molecule has 0 unspecified atom stereocenters. The van der Waals surface area contributed by atoms with E-state index in [0.717, 1.165) is 95.3 Å². The highest BCUT2D eigenvalue weighted by Gasteiger charge is 2.65. The molecule has 8 aromatic carbocycles. The molecule has 5 heterocycles. The molecule has 0 saturated carbocycles. The van der Waals surface area contributed by atoms with Crippen molar-refractivity contribution < 1.29 is 7.48 Å². The molecule has 362 valence electrons. The van der Waals surface area contributed by atoms with Gasteiger partial charge in [-0.3, -0.25) is 13.5 Å². The van der Waals surface area contributed by atoms with Gasteiger partial charge in [-0.15, -0.1) is 0 Å². The molecule has 0 N–H and O–H groups in total. The van der Waals surface area contributed by atoms with E-state index in [1.165, 1.54) is 11.1 Å². The summed E-state index contributed by atoms with van der Waals surface area (Å²) < 4.78 is 30.3. The first-order chi connectivity index (χ1) is 35.8. The summed E-state index contributed by atoms with van der Waals surface area (Å²) in [5.41, 5.74) is 15.3. The smallest absolute Gasteiger partial charge is 0.186 e. The van der Waals surface area contributed by atoms with Gasteiger partial charge in [0, 0.05) is 60.7 Å². The van der Waals surface area contributed by atoms with Crippen LogP contribution in [0.25, 0.3) is 61.0 Å². The molecule has 5 nitrogen and oxygen atoms in total. The van der Waals surface area contributed by atoms with Crippen molar-refractivity contribution in [3.05, 3.63) is 224 Å². The number of hydrogen-bond acceptors (Lipinski definition) is 2. The Morgan fingerprint density at radius 2 is 1.15 bits per heavy atom. The van der Waals surface area contributed by atoms with Gasteiger partial charge in [-0.05, 0) is 111 Å². The maximum absolute atomic E-state index is 9.98. The molecular weight excluding hydrogens is 889 g/mol. The highest BCUT2D eigenvalue weighted by molar-refractivity contribution is 6.11. The fraction of sp³-hybridized carbons (Fsp3) is 0.206. The molecule has 3 aliphatic heterocycles. The van der Waals surface area contributed by atoms with Gasteiger partial charge < -0.3 is 4.74 Å². The topological polar surface area (TPSA) is 27.1 Å². The van der Waals surface area contributed by atoms with Crippen molar-refractivity contribution in [1.82, 2.24) is 18.5 Å². The molecule has 2 aromatic heterocycles. The van der Waals surface area contributed by atoms with Crippen molar-refractivity contribution in [1.29, 1.82) is 0 Å². The summed E-state index contributed by atoms with van der Waals surface area (Å²) in [7, 11) is 0. The summed E-state index contributed by atoms with van der Waals surface area (Å²) in [5, 5.41) is 2.27. The fourth-order valence-corrected chi connectivity index (χ4v) is 11.5. The third-order valence-electron chi connectivity index (χ3n) is 14.9. The summed E-state index contributed by atoms with van der Waals surface area (Å²) in [6.07, 6.45) is 0.252. The van der Waals surface area contributed by atoms with Crippen molar-refractivity contribution in [2.75, 3.05) is 6.67 Å². The number of ether oxygens (including phenoxy) is 1. The number of hydrogen-bond donors (Lipinski definition) is 0. The second-order valence-electron chi connectivity index (χ2n) is 23.3. The molecule has 10 aromatic rings. The Balaban J connectivity index is 1.04. The van der Waals surface area contributed by atoms with E-state index in [0.29, 0.717) is 21.2 Å². The minimum atomic E-state index is -1.68. The first-order valence-electron chi connectivity index (χ1n) is 26.7. The minimum Gasteiger partial charge on any atom is -0.457 e. The fourth-order valence-electron chi connectivity index (χ4n) is 11.5. The van der Waals surface area contributed by atoms with Gasteiger partial charge in [0.25, 0.3) is 0 Å². The van der Waals surface area contributed by atoms with Crippen LogP contribution in [0, 0.1) is 12.1 Å². The van der Waals surface area contributed by atoms with E-state index in [-0.39, 0.29) is 10.8 Å². The predicted octanol–water partition coefficient (Wildman–Crippen LogP) is 18.5. The average molecular weight is 956 g/mol. The van der Waals surface area contributed by atoms with Gasteiger partial charge in [0.05, 0.1) is 17.7 Å². The Morgan fingerprint density at radius 3 is 1.78 bits per heavy atom. The van der Waals surface area contributed by atoms with Gasteiger partial charge >= 0.3 is 0 Å². The maximum Gasteiger partial charge on any atom is 0.186 e. The number of fused-ring (bicyclic) bond motifs is 3. The molecule has 13 rings (SSSR count). The Kier molecular flexibility index (Phi) is 10.3. The summed E-state index contributed by atoms with van der Waals surface area (Å²) in [6, 6.07) is 69.3. The van der Waals surface area contributed by atoms with Crippen LogP contribution in [0.5, 0.6) is 11.5 Å². The number of rotatable bonds is 9. The molecule has 0 spiro atoms. The SMILES string of the molecule is [2H]C([2H])(c1cccc2c1[N@@+]1(c3c(-c4ccccc4)cccc3-c3ccccc3)[CH-][N@+]2(c2cc(Oc3ccc4c5cc(-c6ccccc6)ccc5n(-c5cc(C(C)(C)C)ccn5)c4c3)cc(C(C)(C)C)c2)C1)C(C)(C)C. The lowest BCUT2D eigenvalue weighted by molar-refractivity contribution is 0.186. The van der Waals surface area contributed by atoms with E-state index >= 15 is 0 Å². The molecule has 2 bridgehead atoms. The molecule has 5 heteroatoms. The molecule has 0 aliphatic carbocycles. The molecular formula is C68H65N4O+. The van der Waals surface area contributed by atoms with Crippen LogP contribution >= 0.6 is 0 Å². The monoisotopic (exact) mass is 956 g/mol. The summed E-state index contributed by atoms with van der Waals surface area (Å²) in [5.74, 6) is 2.33. The number of pyridine rings is 1. The zero-order valence-corrected chi connectivity index (χ0v) is 43.5. The maximum atomic E-state index is 9.98. The summed E-state index contributed by atoms with van der Waals surface area (Å²) in [4.78, 5) is 5.01. The van der Waals surface area contributed by atoms with Gasteiger partial charge in [0.1, 0.15) is 28.7 Å². The van der Waals surface area contributed by atoms with E-state index < -0.39 is 11.8 Å². The summed E-state index contributed by atoms with van der Waals surface area (Å²) in [6.45, 7) is 22.6. The van der Waals surface area contributed by atoms with Gasteiger partial charge in [0.15, 0.2) is 18.0 Å². The van der Waals surface area contributed by atoms with E-state index in [4.69, 9.17) is 9.72 Å². The van der Waals surface area contributed by atoms with Gasteiger partial charge in [-0.2, -0.15) is 0 Å². The van der Waals surface area contributed by atoms with Crippen LogP contribution in [0.15, 0.2) is 200 Å². The molecule has 1 fully saturated rings. The quantitative estimate of drug-likeness (QED) is 0.106. The van der Waals surface area contributed by atoms with Crippen LogP contribution in [0.2, 0.25) is 0 Å². The standard InChI is InChI=1S/C68H65N4O/c1-66(2,3)43-50-27-19-30-62-64(50)72(65-56(47-23-15-11-16-24-47)28-20-29-57(65)48-25-17-12-18-26-48)44-71(62,45-72)53-38-52(68(7,8)9)39-55(41-53)73-54-32-33-58-59-37-49(46-21-13-10-14-22-46)31-34-60(59)70(61(58)42-54)63-40-51(35-36-69-63)67(4,5)6/h10-42,44H,43,45H2,1-9H3/q+1/t71-,72-/m1/s1/i43D2. The number of para-hydroxylation sites is 2.